The molecule has 0 spiro atoms. The second-order valence-corrected chi connectivity index (χ2v) is 1.56. The Kier molecular flexibility index (Phi) is 4.23. The quantitative estimate of drug-likeness (QED) is 0.410. The first kappa shape index (κ1) is 8.90. The first-order valence-corrected chi connectivity index (χ1v) is 2.69. The van der Waals surface area contributed by atoms with E-state index in [1.165, 1.54) is 0 Å². The lowest BCUT2D eigenvalue weighted by Gasteiger charge is -1.98. The summed E-state index contributed by atoms with van der Waals surface area (Å²) in [5, 5.41) is 2.53. The molecule has 0 amide bonds. The summed E-state index contributed by atoms with van der Waals surface area (Å²) in [6.45, 7) is 1.17. The van der Waals surface area contributed by atoms with Gasteiger partial charge in [0.05, 0.1) is 6.54 Å². The molecular formula is C5H9NO4. The number of likely N-dealkylation sites (N-methyl/N-ethyl adjacent to an activating group) is 1. The summed E-state index contributed by atoms with van der Waals surface area (Å²) in [5.41, 5.74) is 0. The van der Waals surface area contributed by atoms with E-state index in [0.717, 1.165) is 6.92 Å². The summed E-state index contributed by atoms with van der Waals surface area (Å²) in [6.07, 6.45) is 0. The summed E-state index contributed by atoms with van der Waals surface area (Å²) in [4.78, 5) is 28.3. The van der Waals surface area contributed by atoms with Gasteiger partial charge in [-0.1, -0.05) is 0 Å². The maximum atomic E-state index is 10.4. The fourth-order valence-electron chi connectivity index (χ4n) is 0.279. The zero-order valence-electron chi connectivity index (χ0n) is 5.84. The highest BCUT2D eigenvalue weighted by molar-refractivity contribution is 5.73. The van der Waals surface area contributed by atoms with Crippen molar-refractivity contribution >= 4 is 11.9 Å². The van der Waals surface area contributed by atoms with Crippen LogP contribution in [0.5, 0.6) is 0 Å². The highest BCUT2D eigenvalue weighted by Gasteiger charge is 2.02. The second kappa shape index (κ2) is 4.75. The SMILES string of the molecule is CNCC(=O)OOC(C)=O. The molecule has 0 aromatic carbocycles. The highest BCUT2D eigenvalue weighted by atomic mass is 17.2. The van der Waals surface area contributed by atoms with Crippen molar-refractivity contribution in [2.75, 3.05) is 13.6 Å². The maximum Gasteiger partial charge on any atom is 0.369 e. The molecule has 0 aromatic heterocycles. The Morgan fingerprint density at radius 3 is 2.40 bits per heavy atom. The van der Waals surface area contributed by atoms with E-state index in [2.05, 4.69) is 15.1 Å². The molecule has 1 N–H and O–H groups in total. The van der Waals surface area contributed by atoms with Crippen molar-refractivity contribution in [1.29, 1.82) is 0 Å². The monoisotopic (exact) mass is 147 g/mol. The van der Waals surface area contributed by atoms with Gasteiger partial charge in [0.25, 0.3) is 0 Å². The van der Waals surface area contributed by atoms with Gasteiger partial charge in [-0.05, 0) is 7.05 Å². The van der Waals surface area contributed by atoms with Crippen LogP contribution < -0.4 is 5.32 Å². The average molecular weight is 147 g/mol. The molecule has 5 heteroatoms. The zero-order chi connectivity index (χ0) is 7.98. The minimum absolute atomic E-state index is 0.0211. The molecule has 0 saturated carbocycles. The van der Waals surface area contributed by atoms with Crippen molar-refractivity contribution in [3.63, 3.8) is 0 Å². The molecule has 0 heterocycles. The standard InChI is InChI=1S/C5H9NO4/c1-4(7)9-10-5(8)3-6-2/h6H,3H2,1-2H3. The molecule has 0 aromatic rings. The number of hydrogen-bond donors (Lipinski definition) is 1. The van der Waals surface area contributed by atoms with E-state index in [1.54, 1.807) is 7.05 Å². The van der Waals surface area contributed by atoms with Gasteiger partial charge in [-0.15, -0.1) is 0 Å². The van der Waals surface area contributed by atoms with E-state index < -0.39 is 11.9 Å². The lowest BCUT2D eigenvalue weighted by atomic mass is 10.7. The van der Waals surface area contributed by atoms with Crippen molar-refractivity contribution in [2.24, 2.45) is 0 Å². The van der Waals surface area contributed by atoms with Gasteiger partial charge < -0.3 is 5.32 Å². The Morgan fingerprint density at radius 2 is 2.00 bits per heavy atom. The molecule has 0 unspecified atom stereocenters. The van der Waals surface area contributed by atoms with Crippen LogP contribution in [0, 0.1) is 0 Å². The summed E-state index contributed by atoms with van der Waals surface area (Å²) < 4.78 is 0. The molecule has 58 valence electrons. The molecular weight excluding hydrogens is 138 g/mol. The predicted molar refractivity (Wildman–Crippen MR) is 31.8 cm³/mol. The molecule has 0 rings (SSSR count). The van der Waals surface area contributed by atoms with Gasteiger partial charge in [-0.25, -0.2) is 19.4 Å². The van der Waals surface area contributed by atoms with Crippen molar-refractivity contribution in [3.05, 3.63) is 0 Å². The van der Waals surface area contributed by atoms with Crippen molar-refractivity contribution in [3.8, 4) is 0 Å². The molecule has 0 aliphatic rings. The highest BCUT2D eigenvalue weighted by Crippen LogP contribution is 1.79. The fourth-order valence-corrected chi connectivity index (χ4v) is 0.279. The molecule has 0 aliphatic heterocycles. The molecule has 0 radical (unpaired) electrons. The van der Waals surface area contributed by atoms with Crippen molar-refractivity contribution < 1.29 is 19.4 Å². The lowest BCUT2D eigenvalue weighted by Crippen LogP contribution is -2.21. The van der Waals surface area contributed by atoms with E-state index in [0.29, 0.717) is 0 Å². The Balaban J connectivity index is 3.30. The van der Waals surface area contributed by atoms with Gasteiger partial charge in [-0.2, -0.15) is 0 Å². The van der Waals surface area contributed by atoms with Gasteiger partial charge in [0, 0.05) is 6.92 Å². The first-order valence-electron chi connectivity index (χ1n) is 2.69. The van der Waals surface area contributed by atoms with Gasteiger partial charge in [0.2, 0.25) is 0 Å². The largest absolute Gasteiger partial charge is 0.369 e. The van der Waals surface area contributed by atoms with E-state index >= 15 is 0 Å². The predicted octanol–water partition coefficient (Wildman–Crippen LogP) is -0.773. The smallest absolute Gasteiger partial charge is 0.310 e. The van der Waals surface area contributed by atoms with Crippen LogP contribution in [0.1, 0.15) is 6.92 Å². The number of carbonyl (C=O) groups is 2. The molecule has 0 atom stereocenters. The van der Waals surface area contributed by atoms with Crippen molar-refractivity contribution in [2.45, 2.75) is 6.92 Å². The van der Waals surface area contributed by atoms with Crippen LogP contribution >= 0.6 is 0 Å². The van der Waals surface area contributed by atoms with Crippen LogP contribution in [0.3, 0.4) is 0 Å². The van der Waals surface area contributed by atoms with Crippen LogP contribution in [0.25, 0.3) is 0 Å². The van der Waals surface area contributed by atoms with Crippen LogP contribution in [0.4, 0.5) is 0 Å². The molecule has 0 saturated heterocycles. The Hall–Kier alpha value is -1.10. The molecule has 0 aliphatic carbocycles. The Morgan fingerprint density at radius 1 is 1.40 bits per heavy atom. The third-order valence-electron chi connectivity index (χ3n) is 0.573. The van der Waals surface area contributed by atoms with E-state index in [9.17, 15) is 9.59 Å². The molecule has 5 nitrogen and oxygen atoms in total. The zero-order valence-corrected chi connectivity index (χ0v) is 5.84. The van der Waals surface area contributed by atoms with E-state index in [-0.39, 0.29) is 6.54 Å². The Bertz CT molecular complexity index is 134. The van der Waals surface area contributed by atoms with Gasteiger partial charge in [-0.3, -0.25) is 0 Å². The fraction of sp³-hybridized carbons (Fsp3) is 0.600. The minimum Gasteiger partial charge on any atom is -0.310 e. The molecule has 0 fully saturated rings. The topological polar surface area (TPSA) is 64.6 Å². The normalized spacial score (nSPS) is 8.60. The van der Waals surface area contributed by atoms with Crippen LogP contribution in [0.15, 0.2) is 0 Å². The summed E-state index contributed by atoms with van der Waals surface area (Å²) in [5.74, 6) is -1.28. The van der Waals surface area contributed by atoms with Gasteiger partial charge in [0.1, 0.15) is 0 Å². The number of nitrogens with one attached hydrogen (secondary N) is 1. The summed E-state index contributed by atoms with van der Waals surface area (Å²) in [7, 11) is 1.58. The minimum atomic E-state index is -0.649. The van der Waals surface area contributed by atoms with Crippen LogP contribution in [-0.2, 0) is 19.4 Å². The summed E-state index contributed by atoms with van der Waals surface area (Å²) in [6, 6.07) is 0. The second-order valence-electron chi connectivity index (χ2n) is 1.56. The van der Waals surface area contributed by atoms with E-state index in [4.69, 9.17) is 0 Å². The first-order chi connectivity index (χ1) is 4.66. The third kappa shape index (κ3) is 5.04. The third-order valence-corrected chi connectivity index (χ3v) is 0.573. The van der Waals surface area contributed by atoms with E-state index in [1.807, 2.05) is 0 Å². The molecule has 10 heavy (non-hydrogen) atoms. The number of hydrogen-bond acceptors (Lipinski definition) is 5. The van der Waals surface area contributed by atoms with Crippen molar-refractivity contribution in [1.82, 2.24) is 5.32 Å². The average Bonchev–Trinajstić information content (AvgIpc) is 1.85. The van der Waals surface area contributed by atoms with Crippen LogP contribution in [0.2, 0.25) is 0 Å². The Labute approximate surface area is 58.2 Å². The van der Waals surface area contributed by atoms with Gasteiger partial charge >= 0.3 is 11.9 Å². The lowest BCUT2D eigenvalue weighted by molar-refractivity contribution is -0.256. The number of carbonyl (C=O) groups excluding carboxylic acids is 2. The summed E-state index contributed by atoms with van der Waals surface area (Å²) >= 11 is 0. The number of rotatable bonds is 2. The molecule has 0 bridgehead atoms. The maximum absolute atomic E-state index is 10.4. The van der Waals surface area contributed by atoms with Crippen LogP contribution in [-0.4, -0.2) is 25.5 Å². The van der Waals surface area contributed by atoms with Gasteiger partial charge in [0.15, 0.2) is 0 Å².